The average molecular weight is 366 g/mol. The van der Waals surface area contributed by atoms with E-state index in [1.807, 2.05) is 18.3 Å². The van der Waals surface area contributed by atoms with E-state index in [4.69, 9.17) is 27.9 Å². The predicted molar refractivity (Wildman–Crippen MR) is 97.9 cm³/mol. The second kappa shape index (κ2) is 8.67. The van der Waals surface area contributed by atoms with Crippen LogP contribution in [-0.4, -0.2) is 54.1 Å². The number of halogens is 2. The third-order valence-corrected chi connectivity index (χ3v) is 4.68. The minimum atomic E-state index is 0.597. The summed E-state index contributed by atoms with van der Waals surface area (Å²) in [5.74, 6) is 0.651. The lowest BCUT2D eigenvalue weighted by atomic mass is 10.2. The molecule has 0 aliphatic carbocycles. The molecule has 0 spiro atoms. The van der Waals surface area contributed by atoms with Gasteiger partial charge >= 0.3 is 0 Å². The third-order valence-electron chi connectivity index (χ3n) is 4.13. The average Bonchev–Trinajstić information content (AvgIpc) is 2.60. The van der Waals surface area contributed by atoms with E-state index >= 15 is 0 Å². The molecule has 0 bridgehead atoms. The number of rotatable bonds is 6. The Morgan fingerprint density at radius 1 is 1.00 bits per heavy atom. The lowest BCUT2D eigenvalue weighted by molar-refractivity contribution is 0.112. The Bertz CT molecular complexity index is 646. The Hall–Kier alpha value is -1.33. The van der Waals surface area contributed by atoms with Crippen LogP contribution in [0.1, 0.15) is 5.69 Å². The zero-order valence-electron chi connectivity index (χ0n) is 13.5. The van der Waals surface area contributed by atoms with Gasteiger partial charge in [-0.05, 0) is 24.3 Å². The second-order valence-corrected chi connectivity index (χ2v) is 6.71. The Morgan fingerprint density at radius 2 is 1.79 bits per heavy atom. The molecule has 0 unspecified atom stereocenters. The number of piperazine rings is 1. The highest BCUT2D eigenvalue weighted by atomic mass is 35.5. The van der Waals surface area contributed by atoms with Crippen LogP contribution < -0.4 is 4.74 Å². The number of hydrogen-bond donors (Lipinski definition) is 0. The number of nitrogens with zero attached hydrogens (tertiary/aromatic N) is 3. The molecule has 3 rings (SSSR count). The quantitative estimate of drug-likeness (QED) is 0.781. The molecule has 1 aromatic heterocycles. The van der Waals surface area contributed by atoms with Gasteiger partial charge in [0.05, 0.1) is 10.7 Å². The summed E-state index contributed by atoms with van der Waals surface area (Å²) in [7, 11) is 0. The maximum Gasteiger partial charge on any atom is 0.139 e. The van der Waals surface area contributed by atoms with Crippen molar-refractivity contribution in [2.45, 2.75) is 6.54 Å². The highest BCUT2D eigenvalue weighted by Crippen LogP contribution is 2.27. The fourth-order valence-electron chi connectivity index (χ4n) is 2.76. The molecule has 1 fully saturated rings. The summed E-state index contributed by atoms with van der Waals surface area (Å²) in [4.78, 5) is 9.24. The second-order valence-electron chi connectivity index (χ2n) is 5.86. The van der Waals surface area contributed by atoms with E-state index in [1.54, 1.807) is 18.2 Å². The van der Waals surface area contributed by atoms with E-state index in [0.29, 0.717) is 22.4 Å². The largest absolute Gasteiger partial charge is 0.491 e. The smallest absolute Gasteiger partial charge is 0.139 e. The first-order valence-electron chi connectivity index (χ1n) is 8.13. The van der Waals surface area contributed by atoms with Crippen molar-refractivity contribution in [3.05, 3.63) is 58.3 Å². The molecule has 2 aromatic rings. The van der Waals surface area contributed by atoms with Gasteiger partial charge in [-0.2, -0.15) is 0 Å². The van der Waals surface area contributed by atoms with Crippen molar-refractivity contribution in [2.75, 3.05) is 39.3 Å². The van der Waals surface area contributed by atoms with Gasteiger partial charge in [-0.15, -0.1) is 0 Å². The van der Waals surface area contributed by atoms with Crippen molar-refractivity contribution in [3.8, 4) is 5.75 Å². The molecule has 0 N–H and O–H groups in total. The lowest BCUT2D eigenvalue weighted by Gasteiger charge is -2.34. The van der Waals surface area contributed by atoms with Crippen LogP contribution in [0, 0.1) is 0 Å². The first kappa shape index (κ1) is 17.5. The van der Waals surface area contributed by atoms with Crippen LogP contribution in [0.2, 0.25) is 10.0 Å². The van der Waals surface area contributed by atoms with E-state index in [2.05, 4.69) is 20.9 Å². The van der Waals surface area contributed by atoms with Gasteiger partial charge < -0.3 is 4.74 Å². The van der Waals surface area contributed by atoms with E-state index in [0.717, 1.165) is 45.0 Å². The van der Waals surface area contributed by atoms with Gasteiger partial charge in [-0.3, -0.25) is 14.8 Å². The Kier molecular flexibility index (Phi) is 6.32. The SMILES string of the molecule is Clc1ccc(Cl)c(OCCN2CCN(Cc3ccccn3)CC2)c1. The van der Waals surface area contributed by atoms with Crippen molar-refractivity contribution in [3.63, 3.8) is 0 Å². The van der Waals surface area contributed by atoms with Gasteiger partial charge in [0.25, 0.3) is 0 Å². The summed E-state index contributed by atoms with van der Waals surface area (Å²) >= 11 is 12.1. The summed E-state index contributed by atoms with van der Waals surface area (Å²) in [5.41, 5.74) is 1.13. The van der Waals surface area contributed by atoms with E-state index in [1.165, 1.54) is 0 Å². The van der Waals surface area contributed by atoms with Crippen LogP contribution in [0.15, 0.2) is 42.6 Å². The summed E-state index contributed by atoms with van der Waals surface area (Å²) in [5, 5.41) is 1.23. The van der Waals surface area contributed by atoms with Gasteiger partial charge in [-0.1, -0.05) is 29.3 Å². The van der Waals surface area contributed by atoms with Gasteiger partial charge in [-0.25, -0.2) is 0 Å². The van der Waals surface area contributed by atoms with Crippen molar-refractivity contribution in [1.29, 1.82) is 0 Å². The fourth-order valence-corrected chi connectivity index (χ4v) is 3.10. The Balaban J connectivity index is 1.39. The summed E-state index contributed by atoms with van der Waals surface area (Å²) in [6.45, 7) is 6.60. The van der Waals surface area contributed by atoms with Crippen LogP contribution in [-0.2, 0) is 6.54 Å². The summed E-state index contributed by atoms with van der Waals surface area (Å²) in [6.07, 6.45) is 1.85. The van der Waals surface area contributed by atoms with Crippen LogP contribution in [0.5, 0.6) is 5.75 Å². The van der Waals surface area contributed by atoms with Gasteiger partial charge in [0, 0.05) is 56.6 Å². The highest BCUT2D eigenvalue weighted by molar-refractivity contribution is 6.34. The molecule has 6 heteroatoms. The van der Waals surface area contributed by atoms with Gasteiger partial charge in [0.1, 0.15) is 12.4 Å². The maximum absolute atomic E-state index is 6.10. The number of benzene rings is 1. The first-order chi connectivity index (χ1) is 11.7. The van der Waals surface area contributed by atoms with Crippen LogP contribution in [0.4, 0.5) is 0 Å². The molecule has 4 nitrogen and oxygen atoms in total. The van der Waals surface area contributed by atoms with E-state index in [9.17, 15) is 0 Å². The third kappa shape index (κ3) is 5.08. The summed E-state index contributed by atoms with van der Waals surface area (Å²) < 4.78 is 5.76. The molecule has 1 aliphatic rings. The number of ether oxygens (including phenoxy) is 1. The molecule has 2 heterocycles. The van der Waals surface area contributed by atoms with E-state index in [-0.39, 0.29) is 0 Å². The lowest BCUT2D eigenvalue weighted by Crippen LogP contribution is -2.47. The summed E-state index contributed by atoms with van der Waals surface area (Å²) in [6, 6.07) is 11.3. The first-order valence-corrected chi connectivity index (χ1v) is 8.89. The topological polar surface area (TPSA) is 28.6 Å². The zero-order chi connectivity index (χ0) is 16.8. The molecular weight excluding hydrogens is 345 g/mol. The molecule has 128 valence electrons. The standard InChI is InChI=1S/C18H21Cl2N3O/c19-15-4-5-17(20)18(13-15)24-12-11-22-7-9-23(10-8-22)14-16-3-1-2-6-21-16/h1-6,13H,7-12,14H2. The van der Waals surface area contributed by atoms with Crippen LogP contribution in [0.3, 0.4) is 0 Å². The number of aromatic nitrogens is 1. The van der Waals surface area contributed by atoms with Crippen molar-refractivity contribution < 1.29 is 4.74 Å². The molecule has 0 amide bonds. The van der Waals surface area contributed by atoms with Crippen molar-refractivity contribution in [2.24, 2.45) is 0 Å². The maximum atomic E-state index is 6.10. The van der Waals surface area contributed by atoms with E-state index < -0.39 is 0 Å². The molecule has 1 saturated heterocycles. The molecule has 0 radical (unpaired) electrons. The fraction of sp³-hybridized carbons (Fsp3) is 0.389. The Labute approximate surface area is 152 Å². The Morgan fingerprint density at radius 3 is 2.54 bits per heavy atom. The minimum Gasteiger partial charge on any atom is -0.491 e. The molecule has 1 aliphatic heterocycles. The molecule has 1 aromatic carbocycles. The number of hydrogen-bond acceptors (Lipinski definition) is 4. The van der Waals surface area contributed by atoms with Crippen molar-refractivity contribution in [1.82, 2.24) is 14.8 Å². The van der Waals surface area contributed by atoms with Crippen molar-refractivity contribution >= 4 is 23.2 Å². The number of pyridine rings is 1. The highest BCUT2D eigenvalue weighted by Gasteiger charge is 2.17. The molecule has 0 saturated carbocycles. The molecule has 24 heavy (non-hydrogen) atoms. The van der Waals surface area contributed by atoms with Gasteiger partial charge in [0.2, 0.25) is 0 Å². The normalized spacial score (nSPS) is 16.2. The van der Waals surface area contributed by atoms with Crippen LogP contribution in [0.25, 0.3) is 0 Å². The minimum absolute atomic E-state index is 0.597. The zero-order valence-corrected chi connectivity index (χ0v) is 15.0. The predicted octanol–water partition coefficient (Wildman–Crippen LogP) is 3.59. The van der Waals surface area contributed by atoms with Crippen LogP contribution >= 0.6 is 23.2 Å². The van der Waals surface area contributed by atoms with Gasteiger partial charge in [0.15, 0.2) is 0 Å². The molecule has 0 atom stereocenters. The monoisotopic (exact) mass is 365 g/mol. The molecular formula is C18H21Cl2N3O.